The first-order valence-corrected chi connectivity index (χ1v) is 8.09. The standard InChI is InChI=1S/C17H23F3N3O2/c1-13(25-3)12-23(16(24)17(18,19)20)15-6-4-5-14(11-15)22-9-7-21(2)8-10-22/h4-5,11,13H,7-10,12H2,1-3H3/t13-/m0/s1. The van der Waals surface area contributed by atoms with Crippen LogP contribution in [0.5, 0.6) is 0 Å². The fraction of sp³-hybridized carbons (Fsp3) is 0.588. The van der Waals surface area contributed by atoms with Gasteiger partial charge in [0, 0.05) is 45.0 Å². The lowest BCUT2D eigenvalue weighted by atomic mass is 10.2. The van der Waals surface area contributed by atoms with Crippen molar-refractivity contribution in [1.29, 1.82) is 0 Å². The van der Waals surface area contributed by atoms with Gasteiger partial charge in [-0.3, -0.25) is 4.79 Å². The van der Waals surface area contributed by atoms with E-state index in [1.165, 1.54) is 7.11 Å². The number of likely N-dealkylation sites (N-methyl/N-ethyl adjacent to an activating group) is 1. The van der Waals surface area contributed by atoms with Gasteiger partial charge in [0.05, 0.1) is 18.3 Å². The molecule has 1 radical (unpaired) electrons. The van der Waals surface area contributed by atoms with Gasteiger partial charge < -0.3 is 19.4 Å². The van der Waals surface area contributed by atoms with Crippen LogP contribution in [0.1, 0.15) is 6.92 Å². The van der Waals surface area contributed by atoms with Crippen molar-refractivity contribution in [3.8, 4) is 0 Å². The number of rotatable bonds is 5. The third-order valence-corrected chi connectivity index (χ3v) is 4.26. The molecule has 0 aromatic heterocycles. The zero-order chi connectivity index (χ0) is 18.6. The summed E-state index contributed by atoms with van der Waals surface area (Å²) in [4.78, 5) is 16.8. The van der Waals surface area contributed by atoms with Crippen LogP contribution in [-0.2, 0) is 9.53 Å². The predicted molar refractivity (Wildman–Crippen MR) is 89.9 cm³/mol. The second-order valence-electron chi connectivity index (χ2n) is 6.18. The minimum absolute atomic E-state index is 0.0997. The summed E-state index contributed by atoms with van der Waals surface area (Å²) < 4.78 is 44.0. The number of alkyl halides is 3. The molecule has 0 spiro atoms. The molecule has 0 unspecified atom stereocenters. The van der Waals surface area contributed by atoms with Gasteiger partial charge in [-0.25, -0.2) is 0 Å². The van der Waals surface area contributed by atoms with Crippen LogP contribution in [0.15, 0.2) is 18.2 Å². The van der Waals surface area contributed by atoms with Gasteiger partial charge in [0.15, 0.2) is 0 Å². The number of methoxy groups -OCH3 is 1. The Kier molecular flexibility index (Phi) is 6.29. The Bertz CT molecular complexity index is 587. The summed E-state index contributed by atoms with van der Waals surface area (Å²) in [5, 5.41) is 0. The second kappa shape index (κ2) is 8.05. The number of nitrogens with zero attached hydrogens (tertiary/aromatic N) is 3. The van der Waals surface area contributed by atoms with Gasteiger partial charge >= 0.3 is 12.1 Å². The van der Waals surface area contributed by atoms with Gasteiger partial charge in [0.2, 0.25) is 0 Å². The van der Waals surface area contributed by atoms with Crippen LogP contribution in [0.3, 0.4) is 0 Å². The predicted octanol–water partition coefficient (Wildman–Crippen LogP) is 2.17. The van der Waals surface area contributed by atoms with E-state index in [1.54, 1.807) is 25.1 Å². The molecule has 0 saturated carbocycles. The highest BCUT2D eigenvalue weighted by atomic mass is 19.4. The summed E-state index contributed by atoms with van der Waals surface area (Å²) in [7, 11) is 3.42. The SMILES string of the molecule is CO[C@@H](C)CN(C(=O)C(F)(F)F)c1[c]ccc(N2CCN(C)CC2)c1. The number of halogens is 3. The van der Waals surface area contributed by atoms with Gasteiger partial charge in [0.1, 0.15) is 0 Å². The van der Waals surface area contributed by atoms with E-state index in [2.05, 4.69) is 15.9 Å². The minimum atomic E-state index is -4.95. The number of carbonyl (C=O) groups is 1. The maximum absolute atomic E-state index is 13.0. The Morgan fingerprint density at radius 1 is 1.36 bits per heavy atom. The highest BCUT2D eigenvalue weighted by Gasteiger charge is 2.43. The zero-order valence-corrected chi connectivity index (χ0v) is 14.6. The van der Waals surface area contributed by atoms with Crippen molar-refractivity contribution < 1.29 is 22.7 Å². The summed E-state index contributed by atoms with van der Waals surface area (Å²) in [5.41, 5.74) is 0.884. The number of anilines is 2. The van der Waals surface area contributed by atoms with Crippen molar-refractivity contribution in [1.82, 2.24) is 4.90 Å². The first-order chi connectivity index (χ1) is 11.7. The Morgan fingerprint density at radius 2 is 2.00 bits per heavy atom. The molecule has 1 heterocycles. The van der Waals surface area contributed by atoms with Gasteiger partial charge in [0.25, 0.3) is 0 Å². The fourth-order valence-electron chi connectivity index (χ4n) is 2.63. The maximum atomic E-state index is 13.0. The van der Waals surface area contributed by atoms with E-state index in [0.29, 0.717) is 4.90 Å². The van der Waals surface area contributed by atoms with E-state index in [-0.39, 0.29) is 12.2 Å². The lowest BCUT2D eigenvalue weighted by Crippen LogP contribution is -2.46. The number of carbonyl (C=O) groups excluding carboxylic acids is 1. The van der Waals surface area contributed by atoms with Crippen LogP contribution in [0, 0.1) is 6.07 Å². The molecule has 1 saturated heterocycles. The molecule has 1 aliphatic heterocycles. The van der Waals surface area contributed by atoms with Crippen LogP contribution in [0.25, 0.3) is 0 Å². The molecular weight excluding hydrogens is 335 g/mol. The Labute approximate surface area is 145 Å². The first-order valence-electron chi connectivity index (χ1n) is 8.09. The summed E-state index contributed by atoms with van der Waals surface area (Å²) in [6.45, 7) is 4.72. The van der Waals surface area contributed by atoms with E-state index >= 15 is 0 Å². The topological polar surface area (TPSA) is 36.0 Å². The van der Waals surface area contributed by atoms with Crippen molar-refractivity contribution in [2.45, 2.75) is 19.2 Å². The number of amides is 1. The molecule has 1 aromatic rings. The molecule has 0 aliphatic carbocycles. The quantitative estimate of drug-likeness (QED) is 0.808. The summed E-state index contributed by atoms with van der Waals surface area (Å²) in [5.74, 6) is -1.91. The molecule has 1 aromatic carbocycles. The monoisotopic (exact) mass is 358 g/mol. The smallest absolute Gasteiger partial charge is 0.380 e. The average Bonchev–Trinajstić information content (AvgIpc) is 2.58. The molecule has 1 aliphatic rings. The number of piperazine rings is 1. The van der Waals surface area contributed by atoms with Crippen molar-refractivity contribution in [3.05, 3.63) is 24.3 Å². The molecule has 5 nitrogen and oxygen atoms in total. The highest BCUT2D eigenvalue weighted by molar-refractivity contribution is 5.97. The van der Waals surface area contributed by atoms with Gasteiger partial charge in [-0.1, -0.05) is 6.07 Å². The van der Waals surface area contributed by atoms with Gasteiger partial charge in [-0.05, 0) is 26.1 Å². The van der Waals surface area contributed by atoms with Crippen LogP contribution in [-0.4, -0.2) is 70.0 Å². The van der Waals surface area contributed by atoms with Crippen molar-refractivity contribution >= 4 is 17.3 Å². The van der Waals surface area contributed by atoms with Crippen LogP contribution >= 0.6 is 0 Å². The summed E-state index contributed by atoms with van der Waals surface area (Å²) in [6, 6.07) is 7.68. The third-order valence-electron chi connectivity index (χ3n) is 4.26. The molecule has 1 fully saturated rings. The molecule has 25 heavy (non-hydrogen) atoms. The number of benzene rings is 1. The number of hydrogen-bond donors (Lipinski definition) is 0. The van der Waals surface area contributed by atoms with Gasteiger partial charge in [-0.2, -0.15) is 13.2 Å². The molecule has 0 N–H and O–H groups in total. The van der Waals surface area contributed by atoms with E-state index in [0.717, 1.165) is 31.9 Å². The Balaban J connectivity index is 2.27. The van der Waals surface area contributed by atoms with Crippen molar-refractivity contribution in [3.63, 3.8) is 0 Å². The Morgan fingerprint density at radius 3 is 2.56 bits per heavy atom. The normalized spacial score (nSPS) is 17.4. The van der Waals surface area contributed by atoms with E-state index < -0.39 is 18.2 Å². The lowest BCUT2D eigenvalue weighted by molar-refractivity contribution is -0.170. The van der Waals surface area contributed by atoms with E-state index in [4.69, 9.17) is 4.74 Å². The molecule has 1 atom stereocenters. The molecule has 8 heteroatoms. The van der Waals surface area contributed by atoms with Crippen LogP contribution < -0.4 is 9.80 Å². The summed E-state index contributed by atoms with van der Waals surface area (Å²) in [6.07, 6.45) is -5.49. The third kappa shape index (κ3) is 5.09. The molecule has 139 valence electrons. The highest BCUT2D eigenvalue weighted by Crippen LogP contribution is 2.27. The Hall–Kier alpha value is -1.80. The molecule has 2 rings (SSSR count). The lowest BCUT2D eigenvalue weighted by Gasteiger charge is -2.34. The van der Waals surface area contributed by atoms with Gasteiger partial charge in [-0.15, -0.1) is 0 Å². The van der Waals surface area contributed by atoms with E-state index in [9.17, 15) is 18.0 Å². The fourth-order valence-corrected chi connectivity index (χ4v) is 2.63. The largest absolute Gasteiger partial charge is 0.471 e. The maximum Gasteiger partial charge on any atom is 0.471 e. The minimum Gasteiger partial charge on any atom is -0.380 e. The van der Waals surface area contributed by atoms with E-state index in [1.807, 2.05) is 7.05 Å². The molecule has 0 bridgehead atoms. The van der Waals surface area contributed by atoms with Crippen LogP contribution in [0.2, 0.25) is 0 Å². The first kappa shape index (κ1) is 19.5. The van der Waals surface area contributed by atoms with Crippen molar-refractivity contribution in [2.24, 2.45) is 0 Å². The van der Waals surface area contributed by atoms with Crippen molar-refractivity contribution in [2.75, 3.05) is 56.7 Å². The summed E-state index contributed by atoms with van der Waals surface area (Å²) >= 11 is 0. The van der Waals surface area contributed by atoms with Crippen LogP contribution in [0.4, 0.5) is 24.5 Å². The zero-order valence-electron chi connectivity index (χ0n) is 14.6. The number of ether oxygens (including phenoxy) is 1. The number of hydrogen-bond acceptors (Lipinski definition) is 4. The second-order valence-corrected chi connectivity index (χ2v) is 6.18. The molecule has 1 amide bonds. The molecular formula is C17H23F3N3O2. The average molecular weight is 358 g/mol.